The normalized spacial score (nSPS) is 10.7. The SMILES string of the molecule is CN1C=CC(=C2N=NN=N2)C=C1.O=[N+]([O-])[O-].O=[N+]([O-])[O-].O=[N+]([O-])[O-].[Er+3].[OH3+].[OH3+].[OH3+].[OH3+]. The van der Waals surface area contributed by atoms with Gasteiger partial charge in [-0.05, 0) is 22.6 Å². The molecule has 12 N–H and O–H groups in total. The van der Waals surface area contributed by atoms with Crippen molar-refractivity contribution in [2.45, 2.75) is 0 Å². The number of hydrogen-bond acceptors (Lipinski definition) is 14. The van der Waals surface area contributed by atoms with E-state index in [1.165, 1.54) is 0 Å². The number of nitrogens with zero attached hydrogens (tertiary/aromatic N) is 8. The Morgan fingerprint density at radius 1 is 0.724 bits per heavy atom. The quantitative estimate of drug-likeness (QED) is 0.163. The fourth-order valence-electron chi connectivity index (χ4n) is 0.910. The fraction of sp³-hybridized carbons (Fsp3) is 0.143. The molecule has 0 amide bonds. The van der Waals surface area contributed by atoms with Crippen LogP contribution in [0.5, 0.6) is 0 Å². The van der Waals surface area contributed by atoms with E-state index >= 15 is 0 Å². The zero-order chi connectivity index (χ0) is 19.1. The molecule has 0 unspecified atom stereocenters. The van der Waals surface area contributed by atoms with Crippen LogP contribution in [0.4, 0.5) is 0 Å². The molecule has 0 aromatic heterocycles. The molecule has 2 rings (SSSR count). The van der Waals surface area contributed by atoms with Crippen LogP contribution >= 0.6 is 0 Å². The zero-order valence-corrected chi connectivity index (χ0v) is 16.0. The summed E-state index contributed by atoms with van der Waals surface area (Å²) in [4.78, 5) is 26.7. The van der Waals surface area contributed by atoms with E-state index in [0.717, 1.165) is 5.57 Å². The second-order valence-corrected chi connectivity index (χ2v) is 3.13. The molecule has 1 radical (unpaired) electrons. The Bertz CT molecular complexity index is 535. The summed E-state index contributed by atoms with van der Waals surface area (Å²) in [5.74, 6) is 0.565. The van der Waals surface area contributed by atoms with Gasteiger partial charge in [0.15, 0.2) is 0 Å². The monoisotopic (exact) mass is 589 g/mol. The van der Waals surface area contributed by atoms with Crippen molar-refractivity contribution >= 4 is 0 Å². The molecular weight excluding hydrogens is 571 g/mol. The molecule has 22 heteroatoms. The van der Waals surface area contributed by atoms with E-state index in [0.29, 0.717) is 5.82 Å². The van der Waals surface area contributed by atoms with E-state index in [2.05, 4.69) is 20.7 Å². The molecule has 0 saturated heterocycles. The molecule has 0 atom stereocenters. The van der Waals surface area contributed by atoms with E-state index in [1.807, 2.05) is 36.5 Å². The Labute approximate surface area is 188 Å². The molecule has 173 valence electrons. The second kappa shape index (κ2) is 27.1. The fourth-order valence-corrected chi connectivity index (χ4v) is 0.910. The third kappa shape index (κ3) is 40.8. The van der Waals surface area contributed by atoms with Crippen LogP contribution < -0.4 is 0 Å². The molecule has 21 nitrogen and oxygen atoms in total. The third-order valence-electron chi connectivity index (χ3n) is 1.56. The first-order valence-electron chi connectivity index (χ1n) is 5.15. The average molecular weight is 591 g/mol. The predicted molar refractivity (Wildman–Crippen MR) is 93.4 cm³/mol. The maximum Gasteiger partial charge on any atom is 3.00 e. The van der Waals surface area contributed by atoms with Gasteiger partial charge in [-0.1, -0.05) is 0 Å². The van der Waals surface area contributed by atoms with Crippen molar-refractivity contribution in [2.75, 3.05) is 7.05 Å². The standard InChI is InChI=1S/C7H7N5.Er.3NO3.4H2O/c1-12-4-2-6(3-5-12)7-8-10-11-9-7;;3*2-1(3)4;;;;/h2-5H,1H3;;;;;4*1H2/q;+3;3*-1;;;;/p+4. The molecule has 0 aromatic rings. The third-order valence-corrected chi connectivity index (χ3v) is 1.56. The molecule has 2 aliphatic rings. The molecule has 0 aromatic carbocycles. The molecule has 2 heterocycles. The minimum Gasteiger partial charge on any atom is -0.457 e. The van der Waals surface area contributed by atoms with Gasteiger partial charge in [0.25, 0.3) is 0 Å². The van der Waals surface area contributed by atoms with Gasteiger partial charge in [0.1, 0.15) is 0 Å². The van der Waals surface area contributed by atoms with Gasteiger partial charge in [-0.2, -0.15) is 0 Å². The predicted octanol–water partition coefficient (Wildman–Crippen LogP) is -2.40. The van der Waals surface area contributed by atoms with E-state index in [9.17, 15) is 0 Å². The summed E-state index contributed by atoms with van der Waals surface area (Å²) in [6.07, 6.45) is 7.68. The average Bonchev–Trinajstić information content (AvgIpc) is 2.91. The summed E-state index contributed by atoms with van der Waals surface area (Å²) >= 11 is 0. The van der Waals surface area contributed by atoms with Crippen LogP contribution in [0.15, 0.2) is 56.6 Å². The molecule has 2 aliphatic heterocycles. The Morgan fingerprint density at radius 3 is 1.21 bits per heavy atom. The topological polar surface area (TPSA) is 383 Å². The van der Waals surface area contributed by atoms with Crippen molar-refractivity contribution < 1.29 is 74.5 Å². The molecule has 0 bridgehead atoms. The van der Waals surface area contributed by atoms with Crippen LogP contribution in [0.2, 0.25) is 0 Å². The van der Waals surface area contributed by atoms with Crippen LogP contribution in [-0.2, 0) is 21.9 Å². The number of rotatable bonds is 0. The van der Waals surface area contributed by atoms with Crippen molar-refractivity contribution in [3.8, 4) is 0 Å². The van der Waals surface area contributed by atoms with Gasteiger partial charge < -0.3 is 72.8 Å². The first kappa shape index (κ1) is 45.0. The molecule has 0 fully saturated rings. The molecule has 0 spiro atoms. The zero-order valence-electron chi connectivity index (χ0n) is 14.2. The minimum atomic E-state index is -1.75. The Morgan fingerprint density at radius 2 is 0.966 bits per heavy atom. The van der Waals surface area contributed by atoms with Crippen molar-refractivity contribution in [1.82, 2.24) is 4.90 Å². The van der Waals surface area contributed by atoms with Crippen LogP contribution in [0, 0.1) is 83.3 Å². The first-order valence-corrected chi connectivity index (χ1v) is 5.15. The van der Waals surface area contributed by atoms with Gasteiger partial charge in [-0.25, -0.2) is 0 Å². The molecule has 0 saturated carbocycles. The van der Waals surface area contributed by atoms with Gasteiger partial charge in [-0.3, -0.25) is 0 Å². The van der Waals surface area contributed by atoms with Crippen molar-refractivity contribution in [3.63, 3.8) is 0 Å². The van der Waals surface area contributed by atoms with E-state index in [4.69, 9.17) is 46.0 Å². The minimum absolute atomic E-state index is 0. The Hall–Kier alpha value is -3.09. The Balaban J connectivity index is -0.0000000495. The number of allylic oxidation sites excluding steroid dienone is 3. The molecule has 29 heavy (non-hydrogen) atoms. The molecule has 0 aliphatic carbocycles. The largest absolute Gasteiger partial charge is 3.00 e. The van der Waals surface area contributed by atoms with Crippen LogP contribution in [-0.4, -0.2) is 27.2 Å². The van der Waals surface area contributed by atoms with Crippen molar-refractivity contribution in [2.24, 2.45) is 20.7 Å². The maximum absolute atomic E-state index is 8.25. The van der Waals surface area contributed by atoms with Gasteiger partial charge in [0.2, 0.25) is 5.82 Å². The maximum atomic E-state index is 8.25. The van der Waals surface area contributed by atoms with Crippen LogP contribution in [0.25, 0.3) is 0 Å². The summed E-state index contributed by atoms with van der Waals surface area (Å²) < 4.78 is 0. The van der Waals surface area contributed by atoms with Gasteiger partial charge >= 0.3 is 37.3 Å². The first-order chi connectivity index (χ1) is 11.1. The Kier molecular flexibility index (Phi) is 42.1. The summed E-state index contributed by atoms with van der Waals surface area (Å²) in [5.41, 5.74) is 0.929. The van der Waals surface area contributed by atoms with Gasteiger partial charge in [0.05, 0.1) is 15.3 Å². The van der Waals surface area contributed by atoms with Crippen molar-refractivity contribution in [1.29, 1.82) is 0 Å². The van der Waals surface area contributed by atoms with E-state index in [1.54, 1.807) is 0 Å². The smallest absolute Gasteiger partial charge is 0.457 e. The number of hydrogen-bond donors (Lipinski definition) is 0. The molecular formula is C7H19ErN8O13+4. The van der Waals surface area contributed by atoms with Crippen LogP contribution in [0.1, 0.15) is 0 Å². The second-order valence-electron chi connectivity index (χ2n) is 3.13. The summed E-state index contributed by atoms with van der Waals surface area (Å²) in [5, 5.41) is 58.5. The van der Waals surface area contributed by atoms with Gasteiger partial charge in [0, 0.05) is 25.0 Å². The van der Waals surface area contributed by atoms with Gasteiger partial charge in [-0.15, -0.1) is 10.2 Å². The van der Waals surface area contributed by atoms with Crippen LogP contribution in [0.3, 0.4) is 0 Å². The summed E-state index contributed by atoms with van der Waals surface area (Å²) in [6, 6.07) is 0. The summed E-state index contributed by atoms with van der Waals surface area (Å²) in [7, 11) is 1.95. The van der Waals surface area contributed by atoms with E-state index < -0.39 is 15.3 Å². The van der Waals surface area contributed by atoms with Crippen molar-refractivity contribution in [3.05, 3.63) is 81.9 Å². The summed E-state index contributed by atoms with van der Waals surface area (Å²) in [6.45, 7) is 0. The van der Waals surface area contributed by atoms with E-state index in [-0.39, 0.29) is 59.2 Å².